The summed E-state index contributed by atoms with van der Waals surface area (Å²) in [5.74, 6) is 0.587. The van der Waals surface area contributed by atoms with Gasteiger partial charge in [0.05, 0.1) is 7.11 Å². The third-order valence-corrected chi connectivity index (χ3v) is 4.97. The third kappa shape index (κ3) is 2.93. The Labute approximate surface area is 148 Å². The number of likely N-dealkylation sites (N-methyl/N-ethyl adjacent to an activating group) is 1. The summed E-state index contributed by atoms with van der Waals surface area (Å²) < 4.78 is 18.7. The van der Waals surface area contributed by atoms with E-state index in [1.807, 2.05) is 24.3 Å². The number of benzene rings is 2. The van der Waals surface area contributed by atoms with E-state index in [4.69, 9.17) is 10.1 Å². The van der Waals surface area contributed by atoms with Crippen molar-refractivity contribution in [3.8, 4) is 5.75 Å². The molecule has 2 aromatic carbocycles. The molecule has 1 atom stereocenters. The number of nitrogens with one attached hydrogen (secondary N) is 1. The zero-order chi connectivity index (χ0) is 18.0. The fraction of sp³-hybridized carbons (Fsp3) is 0.286. The molecule has 1 unspecified atom stereocenters. The zero-order valence-corrected chi connectivity index (χ0v) is 14.8. The highest BCUT2D eigenvalue weighted by Crippen LogP contribution is 2.50. The number of halogens is 1. The minimum absolute atomic E-state index is 0.229. The topological polar surface area (TPSA) is 36.3 Å². The zero-order valence-electron chi connectivity index (χ0n) is 14.8. The molecule has 1 aliphatic rings. The van der Waals surface area contributed by atoms with Gasteiger partial charge in [-0.3, -0.25) is 0 Å². The Morgan fingerprint density at radius 2 is 1.92 bits per heavy atom. The van der Waals surface area contributed by atoms with Gasteiger partial charge >= 0.3 is 0 Å². The van der Waals surface area contributed by atoms with Crippen molar-refractivity contribution in [3.05, 3.63) is 71.2 Å². The Morgan fingerprint density at radius 3 is 2.52 bits per heavy atom. The Balaban J connectivity index is 2.15. The molecular formula is C21H23FN2O. The van der Waals surface area contributed by atoms with E-state index in [0.717, 1.165) is 35.7 Å². The van der Waals surface area contributed by atoms with E-state index in [1.54, 1.807) is 7.11 Å². The Bertz CT molecular complexity index is 813. The van der Waals surface area contributed by atoms with Gasteiger partial charge in [-0.05, 0) is 67.8 Å². The number of ether oxygens (including phenoxy) is 1. The number of hydrogen-bond donors (Lipinski definition) is 1. The molecule has 130 valence electrons. The summed E-state index contributed by atoms with van der Waals surface area (Å²) >= 11 is 0. The molecule has 0 aliphatic carbocycles. The molecule has 0 radical (unpaired) electrons. The van der Waals surface area contributed by atoms with Gasteiger partial charge in [-0.1, -0.05) is 12.1 Å². The molecule has 0 saturated carbocycles. The van der Waals surface area contributed by atoms with Crippen LogP contribution in [0.15, 0.2) is 54.2 Å². The van der Waals surface area contributed by atoms with Crippen LogP contribution in [0, 0.1) is 11.2 Å². The number of fused-ring (bicyclic) bond motifs is 1. The van der Waals surface area contributed by atoms with E-state index in [9.17, 15) is 4.39 Å². The molecule has 0 fully saturated rings. The molecule has 0 amide bonds. The maximum Gasteiger partial charge on any atom is 0.123 e. The minimum atomic E-state index is -0.310. The molecule has 25 heavy (non-hydrogen) atoms. The maximum atomic E-state index is 13.3. The lowest BCUT2D eigenvalue weighted by Crippen LogP contribution is -2.30. The molecule has 4 heteroatoms. The fourth-order valence-corrected chi connectivity index (χ4v) is 3.77. The van der Waals surface area contributed by atoms with Crippen LogP contribution in [0.4, 0.5) is 10.1 Å². The molecule has 0 bridgehead atoms. The van der Waals surface area contributed by atoms with Gasteiger partial charge < -0.3 is 15.0 Å². The fourth-order valence-electron chi connectivity index (χ4n) is 3.77. The van der Waals surface area contributed by atoms with Crippen LogP contribution in [0.3, 0.4) is 0 Å². The van der Waals surface area contributed by atoms with Crippen LogP contribution in [-0.2, 0) is 11.8 Å². The lowest BCUT2D eigenvalue weighted by Gasteiger charge is -2.30. The molecule has 1 heterocycles. The van der Waals surface area contributed by atoms with Crippen molar-refractivity contribution in [2.24, 2.45) is 0 Å². The first kappa shape index (κ1) is 17.2. The van der Waals surface area contributed by atoms with Gasteiger partial charge in [0.25, 0.3) is 0 Å². The van der Waals surface area contributed by atoms with E-state index < -0.39 is 0 Å². The Morgan fingerprint density at radius 1 is 1.20 bits per heavy atom. The third-order valence-electron chi connectivity index (χ3n) is 4.97. The monoisotopic (exact) mass is 338 g/mol. The average Bonchev–Trinajstić information content (AvgIpc) is 2.85. The SMILES string of the molecule is CCN1/C(=C\C=N)C(C)(Cc2ccc(F)cc2)c2cc(OC)ccc21. The summed E-state index contributed by atoms with van der Waals surface area (Å²) in [6.45, 7) is 5.10. The number of hydrogen-bond acceptors (Lipinski definition) is 3. The van der Waals surface area contributed by atoms with Crippen LogP contribution in [0.5, 0.6) is 5.75 Å². The van der Waals surface area contributed by atoms with Crippen LogP contribution in [0.25, 0.3) is 0 Å². The average molecular weight is 338 g/mol. The first-order chi connectivity index (χ1) is 12.0. The summed E-state index contributed by atoms with van der Waals surface area (Å²) in [4.78, 5) is 2.24. The number of allylic oxidation sites excluding steroid dienone is 2. The van der Waals surface area contributed by atoms with Gasteiger partial charge in [0.2, 0.25) is 0 Å². The maximum absolute atomic E-state index is 13.3. The van der Waals surface area contributed by atoms with E-state index in [-0.39, 0.29) is 11.2 Å². The lowest BCUT2D eigenvalue weighted by atomic mass is 9.76. The van der Waals surface area contributed by atoms with Gasteiger partial charge in [-0.15, -0.1) is 0 Å². The van der Waals surface area contributed by atoms with Crippen molar-refractivity contribution in [3.63, 3.8) is 0 Å². The molecule has 3 rings (SSSR count). The lowest BCUT2D eigenvalue weighted by molar-refractivity contribution is 0.413. The van der Waals surface area contributed by atoms with Gasteiger partial charge in [0, 0.05) is 29.6 Å². The Hall–Kier alpha value is -2.62. The largest absolute Gasteiger partial charge is 0.497 e. The van der Waals surface area contributed by atoms with Crippen molar-refractivity contribution < 1.29 is 9.13 Å². The normalized spacial score (nSPS) is 20.6. The first-order valence-corrected chi connectivity index (χ1v) is 8.45. The molecule has 0 saturated heterocycles. The van der Waals surface area contributed by atoms with Gasteiger partial charge in [-0.2, -0.15) is 0 Å². The van der Waals surface area contributed by atoms with Crippen molar-refractivity contribution in [1.29, 1.82) is 5.41 Å². The molecule has 1 N–H and O–H groups in total. The highest BCUT2D eigenvalue weighted by atomic mass is 19.1. The number of methoxy groups -OCH3 is 1. The highest BCUT2D eigenvalue weighted by Gasteiger charge is 2.43. The quantitative estimate of drug-likeness (QED) is 0.802. The van der Waals surface area contributed by atoms with Crippen molar-refractivity contribution in [2.75, 3.05) is 18.6 Å². The first-order valence-electron chi connectivity index (χ1n) is 8.45. The smallest absolute Gasteiger partial charge is 0.123 e. The summed E-state index contributed by atoms with van der Waals surface area (Å²) in [6, 6.07) is 12.8. The van der Waals surface area contributed by atoms with E-state index in [2.05, 4.69) is 30.9 Å². The van der Waals surface area contributed by atoms with Crippen LogP contribution < -0.4 is 9.64 Å². The molecule has 0 spiro atoms. The van der Waals surface area contributed by atoms with Crippen LogP contribution in [0.2, 0.25) is 0 Å². The summed E-state index contributed by atoms with van der Waals surface area (Å²) in [5.41, 5.74) is 4.14. The van der Waals surface area contributed by atoms with E-state index in [1.165, 1.54) is 23.9 Å². The summed E-state index contributed by atoms with van der Waals surface area (Å²) in [6.07, 6.45) is 3.92. The van der Waals surface area contributed by atoms with E-state index in [0.29, 0.717) is 0 Å². The van der Waals surface area contributed by atoms with Crippen molar-refractivity contribution in [2.45, 2.75) is 25.7 Å². The van der Waals surface area contributed by atoms with E-state index >= 15 is 0 Å². The van der Waals surface area contributed by atoms with Crippen molar-refractivity contribution >= 4 is 11.9 Å². The summed E-state index contributed by atoms with van der Waals surface area (Å²) in [7, 11) is 1.67. The number of nitrogens with zero attached hydrogens (tertiary/aromatic N) is 1. The molecule has 2 aromatic rings. The molecule has 1 aliphatic heterocycles. The molecule has 3 nitrogen and oxygen atoms in total. The van der Waals surface area contributed by atoms with Gasteiger partial charge in [-0.25, -0.2) is 4.39 Å². The van der Waals surface area contributed by atoms with Crippen molar-refractivity contribution in [1.82, 2.24) is 0 Å². The minimum Gasteiger partial charge on any atom is -0.497 e. The van der Waals surface area contributed by atoms with Crippen LogP contribution >= 0.6 is 0 Å². The van der Waals surface area contributed by atoms with Gasteiger partial charge in [0.15, 0.2) is 0 Å². The van der Waals surface area contributed by atoms with Crippen LogP contribution in [-0.4, -0.2) is 19.9 Å². The standard InChI is InChI=1S/C21H23FN2O/c1-4-24-19-10-9-17(25-3)13-18(19)21(2,20(24)11-12-23)14-15-5-7-16(22)8-6-15/h5-13,23H,4,14H2,1-3H3/b20-11-,23-12?. The van der Waals surface area contributed by atoms with Crippen LogP contribution in [0.1, 0.15) is 25.0 Å². The summed E-state index contributed by atoms with van der Waals surface area (Å²) in [5, 5.41) is 7.60. The molecular weight excluding hydrogens is 315 g/mol. The highest BCUT2D eigenvalue weighted by molar-refractivity contribution is 5.79. The predicted octanol–water partition coefficient (Wildman–Crippen LogP) is 4.71. The molecule has 0 aromatic heterocycles. The number of anilines is 1. The second-order valence-electron chi connectivity index (χ2n) is 6.48. The van der Waals surface area contributed by atoms with Gasteiger partial charge in [0.1, 0.15) is 11.6 Å². The Kier molecular flexibility index (Phi) is 4.62. The predicted molar refractivity (Wildman–Crippen MR) is 100 cm³/mol. The second-order valence-corrected chi connectivity index (χ2v) is 6.48. The number of rotatable bonds is 5. The second kappa shape index (κ2) is 6.71.